The second-order valence-electron chi connectivity index (χ2n) is 13.9. The number of ether oxygens (including phenoxy) is 1. The van der Waals surface area contributed by atoms with Crippen LogP contribution >= 0.6 is 0 Å². The van der Waals surface area contributed by atoms with Crippen molar-refractivity contribution in [2.75, 3.05) is 39.3 Å². The fourth-order valence-corrected chi connectivity index (χ4v) is 7.10. The van der Waals surface area contributed by atoms with E-state index >= 15 is 0 Å². The zero-order valence-corrected chi connectivity index (χ0v) is 30.0. The molecule has 0 radical (unpaired) electrons. The number of para-hydroxylation sites is 1. The Balaban J connectivity index is 1.15. The SMILES string of the molecule is CCc1cc(-c2ccc(CN3CCN(C[C@@H](O)C[C@@H](Cc4ccccc4)C(=O)N[C@H]4c5ccccc5OC[C@H]4O)[C@H](C(=O)NCC(F)(F)F)C3)o2)ccn1. The van der Waals surface area contributed by atoms with Crippen molar-refractivity contribution >= 4 is 11.8 Å². The molecule has 11 nitrogen and oxygen atoms in total. The molecule has 6 rings (SSSR count). The molecule has 5 atom stereocenters. The number of nitrogens with one attached hydrogen (secondary N) is 2. The molecule has 0 aliphatic carbocycles. The number of benzene rings is 2. The molecule has 0 spiro atoms. The predicted molar refractivity (Wildman–Crippen MR) is 194 cm³/mol. The minimum absolute atomic E-state index is 0.00270. The van der Waals surface area contributed by atoms with Crippen LogP contribution < -0.4 is 15.4 Å². The van der Waals surface area contributed by atoms with Crippen molar-refractivity contribution in [3.8, 4) is 17.1 Å². The summed E-state index contributed by atoms with van der Waals surface area (Å²) in [5.74, 6) is -0.0564. The number of β-amino-alcohol motifs (C(OH)–C–C–N with tert-alkyl or cyclic N) is 1. The summed E-state index contributed by atoms with van der Waals surface area (Å²) in [5.41, 5.74) is 3.31. The number of carbonyl (C=O) groups excluding carboxylic acids is 2. The maximum atomic E-state index is 13.9. The van der Waals surface area contributed by atoms with Crippen LogP contribution in [-0.4, -0.2) is 101 Å². The first-order chi connectivity index (χ1) is 26.0. The molecular weight excluding hydrogens is 703 g/mol. The maximum absolute atomic E-state index is 13.9. The van der Waals surface area contributed by atoms with E-state index in [-0.39, 0.29) is 38.6 Å². The van der Waals surface area contributed by atoms with Crippen LogP contribution in [0.3, 0.4) is 0 Å². The molecular formula is C40H46F3N5O6. The van der Waals surface area contributed by atoms with Crippen molar-refractivity contribution in [2.24, 2.45) is 5.92 Å². The smallest absolute Gasteiger partial charge is 0.405 e. The topological polar surface area (TPSA) is 140 Å². The van der Waals surface area contributed by atoms with Gasteiger partial charge in [-0.3, -0.25) is 24.4 Å². The first-order valence-corrected chi connectivity index (χ1v) is 18.2. The monoisotopic (exact) mass is 749 g/mol. The number of hydrogen-bond donors (Lipinski definition) is 4. The molecule has 2 amide bonds. The Morgan fingerprint density at radius 1 is 1.04 bits per heavy atom. The fraction of sp³-hybridized carbons (Fsp3) is 0.425. The van der Waals surface area contributed by atoms with Gasteiger partial charge in [-0.25, -0.2) is 0 Å². The number of aromatic nitrogens is 1. The Morgan fingerprint density at radius 3 is 2.59 bits per heavy atom. The summed E-state index contributed by atoms with van der Waals surface area (Å²) in [5, 5.41) is 27.3. The quantitative estimate of drug-likeness (QED) is 0.149. The van der Waals surface area contributed by atoms with E-state index in [1.54, 1.807) is 35.4 Å². The van der Waals surface area contributed by atoms with Gasteiger partial charge in [0.25, 0.3) is 0 Å². The number of piperazine rings is 1. The number of fused-ring (bicyclic) bond motifs is 1. The van der Waals surface area contributed by atoms with E-state index < -0.39 is 48.8 Å². The van der Waals surface area contributed by atoms with E-state index in [4.69, 9.17) is 9.15 Å². The number of halogens is 3. The van der Waals surface area contributed by atoms with Gasteiger partial charge in [0.15, 0.2) is 0 Å². The summed E-state index contributed by atoms with van der Waals surface area (Å²) in [6.07, 6.45) is -3.91. The number of pyridine rings is 1. The molecule has 2 aromatic carbocycles. The van der Waals surface area contributed by atoms with Crippen molar-refractivity contribution in [1.29, 1.82) is 0 Å². The summed E-state index contributed by atoms with van der Waals surface area (Å²) in [7, 11) is 0. The third kappa shape index (κ3) is 10.3. The number of hydrogen-bond acceptors (Lipinski definition) is 9. The largest absolute Gasteiger partial charge is 0.490 e. The number of rotatable bonds is 14. The Labute approximate surface area is 312 Å². The highest BCUT2D eigenvalue weighted by Crippen LogP contribution is 2.33. The maximum Gasteiger partial charge on any atom is 0.405 e. The van der Waals surface area contributed by atoms with Crippen molar-refractivity contribution in [1.82, 2.24) is 25.4 Å². The summed E-state index contributed by atoms with van der Waals surface area (Å²) in [4.78, 5) is 35.2. The van der Waals surface area contributed by atoms with E-state index in [9.17, 15) is 33.0 Å². The molecule has 2 aliphatic heterocycles. The molecule has 0 unspecified atom stereocenters. The molecule has 2 aromatic heterocycles. The lowest BCUT2D eigenvalue weighted by Crippen LogP contribution is -2.60. The molecule has 4 heterocycles. The van der Waals surface area contributed by atoms with Gasteiger partial charge >= 0.3 is 6.18 Å². The second kappa shape index (κ2) is 17.6. The Hall–Kier alpha value is -4.76. The lowest BCUT2D eigenvalue weighted by Gasteiger charge is -2.41. The Morgan fingerprint density at radius 2 is 1.81 bits per heavy atom. The Kier molecular flexibility index (Phi) is 12.7. The van der Waals surface area contributed by atoms with Gasteiger partial charge in [-0.05, 0) is 55.2 Å². The van der Waals surface area contributed by atoms with Crippen LogP contribution in [0.4, 0.5) is 13.2 Å². The van der Waals surface area contributed by atoms with Crippen molar-refractivity contribution in [3.05, 3.63) is 108 Å². The Bertz CT molecular complexity index is 1860. The predicted octanol–water partition coefficient (Wildman–Crippen LogP) is 4.29. The molecule has 14 heteroatoms. The fourth-order valence-electron chi connectivity index (χ4n) is 7.10. The third-order valence-corrected chi connectivity index (χ3v) is 9.89. The molecule has 288 valence electrons. The van der Waals surface area contributed by atoms with Crippen molar-refractivity contribution in [3.63, 3.8) is 0 Å². The lowest BCUT2D eigenvalue weighted by molar-refractivity contribution is -0.143. The molecule has 54 heavy (non-hydrogen) atoms. The zero-order valence-electron chi connectivity index (χ0n) is 30.0. The minimum atomic E-state index is -4.60. The van der Waals surface area contributed by atoms with Crippen molar-refractivity contribution < 1.29 is 42.1 Å². The molecule has 1 saturated heterocycles. The first kappa shape index (κ1) is 38.9. The van der Waals surface area contributed by atoms with Gasteiger partial charge in [-0.2, -0.15) is 13.2 Å². The number of nitrogens with zero attached hydrogens (tertiary/aromatic N) is 3. The van der Waals surface area contributed by atoms with Crippen LogP contribution in [0.15, 0.2) is 89.5 Å². The van der Waals surface area contributed by atoms with Gasteiger partial charge in [-0.1, -0.05) is 55.5 Å². The third-order valence-electron chi connectivity index (χ3n) is 9.89. The number of aliphatic hydroxyl groups is 2. The highest BCUT2D eigenvalue weighted by molar-refractivity contribution is 5.82. The van der Waals surface area contributed by atoms with Crippen LogP contribution in [0.1, 0.15) is 42.0 Å². The number of amides is 2. The zero-order chi connectivity index (χ0) is 38.2. The second-order valence-corrected chi connectivity index (χ2v) is 13.9. The summed E-state index contributed by atoms with van der Waals surface area (Å²) >= 11 is 0. The average Bonchev–Trinajstić information content (AvgIpc) is 3.64. The highest BCUT2D eigenvalue weighted by atomic mass is 19.4. The molecule has 2 aliphatic rings. The van der Waals surface area contributed by atoms with Crippen LogP contribution in [0.2, 0.25) is 0 Å². The first-order valence-electron chi connectivity index (χ1n) is 18.2. The van der Waals surface area contributed by atoms with Gasteiger partial charge in [0.1, 0.15) is 42.6 Å². The standard InChI is InChI=1S/C40H46F3N5O6/c1-2-29-19-27(14-15-44-29)35-13-12-31(54-35)22-47-16-17-48(33(23-47)39(52)45-25-40(41,42)43)21-30(49)20-28(18-26-8-4-3-5-9-26)38(51)46-37-32-10-6-7-11-36(32)53-24-34(37)50/h3-15,19,28,30,33-34,37,49-50H,2,16-18,20-25H2,1H3,(H,45,52)(H,46,51)/t28-,30+,33+,34-,37+/m1/s1. The molecule has 4 N–H and O–H groups in total. The summed E-state index contributed by atoms with van der Waals surface area (Å²) in [6.45, 7) is 1.64. The van der Waals surface area contributed by atoms with E-state index in [0.717, 1.165) is 23.2 Å². The normalized spacial score (nSPS) is 20.4. The van der Waals surface area contributed by atoms with Crippen molar-refractivity contribution in [2.45, 2.75) is 63.2 Å². The van der Waals surface area contributed by atoms with E-state index in [2.05, 4.69) is 10.3 Å². The van der Waals surface area contributed by atoms with E-state index in [1.807, 2.05) is 71.7 Å². The number of aryl methyl sites for hydroxylation is 1. The van der Waals surface area contributed by atoms with Crippen LogP contribution in [0.25, 0.3) is 11.3 Å². The van der Waals surface area contributed by atoms with E-state index in [0.29, 0.717) is 42.3 Å². The number of carbonyl (C=O) groups is 2. The number of alkyl halides is 3. The van der Waals surface area contributed by atoms with E-state index in [1.165, 1.54) is 0 Å². The summed E-state index contributed by atoms with van der Waals surface area (Å²) in [6, 6.07) is 22.2. The summed E-state index contributed by atoms with van der Waals surface area (Å²) < 4.78 is 51.2. The van der Waals surface area contributed by atoms with Crippen LogP contribution in [0, 0.1) is 5.92 Å². The molecule has 1 fully saturated rings. The van der Waals surface area contributed by atoms with Gasteiger partial charge in [0.2, 0.25) is 11.8 Å². The van der Waals surface area contributed by atoms with Gasteiger partial charge < -0.3 is 30.0 Å². The van der Waals surface area contributed by atoms with Gasteiger partial charge in [-0.15, -0.1) is 0 Å². The van der Waals surface area contributed by atoms with Gasteiger partial charge in [0.05, 0.1) is 18.7 Å². The highest BCUT2D eigenvalue weighted by Gasteiger charge is 2.38. The minimum Gasteiger partial charge on any atom is -0.490 e. The van der Waals surface area contributed by atoms with Gasteiger partial charge in [0, 0.05) is 55.1 Å². The molecule has 4 aromatic rings. The number of aliphatic hydroxyl groups excluding tert-OH is 2. The number of furan rings is 1. The lowest BCUT2D eigenvalue weighted by atomic mass is 9.90. The van der Waals surface area contributed by atoms with Crippen LogP contribution in [-0.2, 0) is 29.0 Å². The average molecular weight is 750 g/mol. The molecule has 0 saturated carbocycles. The molecule has 0 bridgehead atoms. The van der Waals surface area contributed by atoms with Crippen LogP contribution in [0.5, 0.6) is 5.75 Å².